The van der Waals surface area contributed by atoms with Crippen LogP contribution in [0.25, 0.3) is 0 Å². The topological polar surface area (TPSA) is 50.2 Å². The van der Waals surface area contributed by atoms with Crippen LogP contribution < -0.4 is 10.2 Å². The summed E-state index contributed by atoms with van der Waals surface area (Å²) in [5, 5.41) is 7.12. The Balaban J connectivity index is 2.00. The summed E-state index contributed by atoms with van der Waals surface area (Å²) < 4.78 is 1.86. The second-order valence-corrected chi connectivity index (χ2v) is 4.31. The van der Waals surface area contributed by atoms with Gasteiger partial charge in [-0.15, -0.1) is 0 Å². The van der Waals surface area contributed by atoms with Gasteiger partial charge in [0.15, 0.2) is 0 Å². The summed E-state index contributed by atoms with van der Waals surface area (Å²) in [5.74, 6) is 1.00. The monoisotopic (exact) mass is 234 g/mol. The molecule has 0 aliphatic carbocycles. The maximum Gasteiger partial charge on any atom is 0.243 e. The highest BCUT2D eigenvalue weighted by molar-refractivity contribution is 5.87. The Labute approximate surface area is 101 Å². The standard InChI is InChI=1S/C12H18N4O/c1-3-11(17)14-10-5-4-8-16(9-10)12-6-7-13-15(12)2/h3,6-7,10H,1,4-5,8-9H2,2H3,(H,14,17). The first-order valence-corrected chi connectivity index (χ1v) is 5.86. The van der Waals surface area contributed by atoms with Gasteiger partial charge in [0.25, 0.3) is 0 Å². The van der Waals surface area contributed by atoms with Gasteiger partial charge in [0.1, 0.15) is 5.82 Å². The maximum atomic E-state index is 11.3. The van der Waals surface area contributed by atoms with E-state index in [1.165, 1.54) is 6.08 Å². The third-order valence-corrected chi connectivity index (χ3v) is 3.07. The van der Waals surface area contributed by atoms with Crippen LogP contribution >= 0.6 is 0 Å². The number of aryl methyl sites for hydroxylation is 1. The van der Waals surface area contributed by atoms with Crippen molar-refractivity contribution in [1.29, 1.82) is 0 Å². The summed E-state index contributed by atoms with van der Waals surface area (Å²) in [6.45, 7) is 5.32. The SMILES string of the molecule is C=CC(=O)NC1CCCN(c2ccnn2C)C1. The molecule has 1 aliphatic heterocycles. The summed E-state index contributed by atoms with van der Waals surface area (Å²) in [4.78, 5) is 13.5. The molecule has 92 valence electrons. The van der Waals surface area contributed by atoms with Crippen LogP contribution in [-0.4, -0.2) is 34.8 Å². The van der Waals surface area contributed by atoms with E-state index in [1.54, 1.807) is 6.20 Å². The van der Waals surface area contributed by atoms with Crippen molar-refractivity contribution in [2.45, 2.75) is 18.9 Å². The predicted molar refractivity (Wildman–Crippen MR) is 66.8 cm³/mol. The number of carbonyl (C=O) groups is 1. The molecule has 5 nitrogen and oxygen atoms in total. The molecule has 1 fully saturated rings. The molecule has 0 spiro atoms. The van der Waals surface area contributed by atoms with Gasteiger partial charge in [-0.1, -0.05) is 6.58 Å². The largest absolute Gasteiger partial charge is 0.355 e. The van der Waals surface area contributed by atoms with Crippen molar-refractivity contribution in [2.24, 2.45) is 7.05 Å². The van der Waals surface area contributed by atoms with Crippen LogP contribution in [0.2, 0.25) is 0 Å². The number of nitrogens with zero attached hydrogens (tertiary/aromatic N) is 3. The van der Waals surface area contributed by atoms with Gasteiger partial charge in [-0.3, -0.25) is 9.48 Å². The van der Waals surface area contributed by atoms with E-state index in [9.17, 15) is 4.79 Å². The Hall–Kier alpha value is -1.78. The molecule has 5 heteroatoms. The summed E-state index contributed by atoms with van der Waals surface area (Å²) in [5.41, 5.74) is 0. The van der Waals surface area contributed by atoms with Gasteiger partial charge in [-0.2, -0.15) is 5.10 Å². The van der Waals surface area contributed by atoms with E-state index in [0.717, 1.165) is 31.7 Å². The Morgan fingerprint density at radius 3 is 3.18 bits per heavy atom. The Bertz CT molecular complexity index is 412. The number of amides is 1. The van der Waals surface area contributed by atoms with Gasteiger partial charge in [0.2, 0.25) is 5.91 Å². The zero-order valence-corrected chi connectivity index (χ0v) is 10.1. The van der Waals surface area contributed by atoms with Crippen molar-refractivity contribution in [3.05, 3.63) is 24.9 Å². The normalized spacial score (nSPS) is 20.1. The number of anilines is 1. The molecular formula is C12H18N4O. The predicted octanol–water partition coefficient (Wildman–Crippen LogP) is 0.691. The van der Waals surface area contributed by atoms with Crippen molar-refractivity contribution < 1.29 is 4.79 Å². The lowest BCUT2D eigenvalue weighted by molar-refractivity contribution is -0.117. The fourth-order valence-electron chi connectivity index (χ4n) is 2.24. The summed E-state index contributed by atoms with van der Waals surface area (Å²) in [6.07, 6.45) is 5.21. The lowest BCUT2D eigenvalue weighted by Gasteiger charge is -2.34. The molecule has 1 atom stereocenters. The number of nitrogens with one attached hydrogen (secondary N) is 1. The number of aromatic nitrogens is 2. The van der Waals surface area contributed by atoms with Crippen molar-refractivity contribution in [3.8, 4) is 0 Å². The third kappa shape index (κ3) is 2.67. The molecule has 1 aromatic heterocycles. The van der Waals surface area contributed by atoms with Crippen LogP contribution in [0.15, 0.2) is 24.9 Å². The molecule has 1 N–H and O–H groups in total. The van der Waals surface area contributed by atoms with Crippen LogP contribution in [-0.2, 0) is 11.8 Å². The Kier molecular flexibility index (Phi) is 3.46. The van der Waals surface area contributed by atoms with Gasteiger partial charge in [-0.05, 0) is 18.9 Å². The highest BCUT2D eigenvalue weighted by atomic mass is 16.1. The average Bonchev–Trinajstić information content (AvgIpc) is 2.75. The first-order valence-electron chi connectivity index (χ1n) is 5.86. The van der Waals surface area contributed by atoms with Crippen LogP contribution in [0.4, 0.5) is 5.82 Å². The van der Waals surface area contributed by atoms with Crippen LogP contribution in [0.1, 0.15) is 12.8 Å². The smallest absolute Gasteiger partial charge is 0.243 e. The zero-order chi connectivity index (χ0) is 12.3. The second kappa shape index (κ2) is 5.03. The van der Waals surface area contributed by atoms with E-state index in [1.807, 2.05) is 17.8 Å². The van der Waals surface area contributed by atoms with E-state index in [2.05, 4.69) is 21.9 Å². The molecule has 2 heterocycles. The Morgan fingerprint density at radius 2 is 2.53 bits per heavy atom. The van der Waals surface area contributed by atoms with Gasteiger partial charge < -0.3 is 10.2 Å². The van der Waals surface area contributed by atoms with Crippen molar-refractivity contribution in [2.75, 3.05) is 18.0 Å². The third-order valence-electron chi connectivity index (χ3n) is 3.07. The number of hydrogen-bond acceptors (Lipinski definition) is 3. The number of hydrogen-bond donors (Lipinski definition) is 1. The quantitative estimate of drug-likeness (QED) is 0.783. The lowest BCUT2D eigenvalue weighted by Crippen LogP contribution is -2.47. The fourth-order valence-corrected chi connectivity index (χ4v) is 2.24. The summed E-state index contributed by atoms with van der Waals surface area (Å²) in [7, 11) is 1.93. The second-order valence-electron chi connectivity index (χ2n) is 4.31. The molecule has 0 radical (unpaired) electrons. The van der Waals surface area contributed by atoms with Crippen molar-refractivity contribution in [3.63, 3.8) is 0 Å². The van der Waals surface area contributed by atoms with E-state index in [-0.39, 0.29) is 11.9 Å². The lowest BCUT2D eigenvalue weighted by atomic mass is 10.1. The molecular weight excluding hydrogens is 216 g/mol. The molecule has 1 aliphatic rings. The summed E-state index contributed by atoms with van der Waals surface area (Å²) >= 11 is 0. The first kappa shape index (κ1) is 11.7. The molecule has 1 amide bonds. The van der Waals surface area contributed by atoms with Crippen LogP contribution in [0, 0.1) is 0 Å². The highest BCUT2D eigenvalue weighted by Crippen LogP contribution is 2.18. The van der Waals surface area contributed by atoms with Gasteiger partial charge in [-0.25, -0.2) is 0 Å². The van der Waals surface area contributed by atoms with Crippen LogP contribution in [0.3, 0.4) is 0 Å². The molecule has 1 saturated heterocycles. The zero-order valence-electron chi connectivity index (χ0n) is 10.1. The van der Waals surface area contributed by atoms with Crippen molar-refractivity contribution >= 4 is 11.7 Å². The molecule has 2 rings (SSSR count). The average molecular weight is 234 g/mol. The maximum absolute atomic E-state index is 11.3. The van der Waals surface area contributed by atoms with Gasteiger partial charge >= 0.3 is 0 Å². The van der Waals surface area contributed by atoms with E-state index < -0.39 is 0 Å². The Morgan fingerprint density at radius 1 is 1.71 bits per heavy atom. The summed E-state index contributed by atoms with van der Waals surface area (Å²) in [6, 6.07) is 2.20. The highest BCUT2D eigenvalue weighted by Gasteiger charge is 2.22. The van der Waals surface area contributed by atoms with E-state index in [4.69, 9.17) is 0 Å². The van der Waals surface area contributed by atoms with Crippen LogP contribution in [0.5, 0.6) is 0 Å². The van der Waals surface area contributed by atoms with E-state index >= 15 is 0 Å². The number of carbonyl (C=O) groups excluding carboxylic acids is 1. The molecule has 1 unspecified atom stereocenters. The molecule has 0 saturated carbocycles. The van der Waals surface area contributed by atoms with Gasteiger partial charge in [0.05, 0.1) is 6.20 Å². The molecule has 0 aromatic carbocycles. The molecule has 0 bridgehead atoms. The minimum Gasteiger partial charge on any atom is -0.355 e. The molecule has 17 heavy (non-hydrogen) atoms. The minimum atomic E-state index is -0.0955. The fraction of sp³-hybridized carbons (Fsp3) is 0.500. The molecule has 1 aromatic rings. The van der Waals surface area contributed by atoms with Gasteiger partial charge in [0, 0.05) is 32.2 Å². The number of piperidine rings is 1. The van der Waals surface area contributed by atoms with Crippen molar-refractivity contribution in [1.82, 2.24) is 15.1 Å². The first-order chi connectivity index (χ1) is 8.20. The number of rotatable bonds is 3. The van der Waals surface area contributed by atoms with E-state index in [0.29, 0.717) is 0 Å². The minimum absolute atomic E-state index is 0.0955.